The molecule has 9 heteroatoms. The van der Waals surface area contributed by atoms with E-state index in [9.17, 15) is 4.79 Å². The highest BCUT2D eigenvalue weighted by molar-refractivity contribution is 6.02. The van der Waals surface area contributed by atoms with E-state index < -0.39 is 5.54 Å². The van der Waals surface area contributed by atoms with Gasteiger partial charge < -0.3 is 26.2 Å². The topological polar surface area (TPSA) is 123 Å². The maximum absolute atomic E-state index is 12.3. The number of fused-ring (bicyclic) bond motifs is 1. The molecule has 1 aromatic heterocycles. The molecule has 34 heavy (non-hydrogen) atoms. The molecule has 0 aromatic carbocycles. The van der Waals surface area contributed by atoms with Crippen molar-refractivity contribution in [2.24, 2.45) is 11.1 Å². The molecule has 184 valence electrons. The van der Waals surface area contributed by atoms with Gasteiger partial charge in [0.25, 0.3) is 0 Å². The largest absolute Gasteiger partial charge is 0.357 e. The van der Waals surface area contributed by atoms with Crippen LogP contribution in [0.3, 0.4) is 0 Å². The average Bonchev–Trinajstić information content (AvgIpc) is 3.34. The third-order valence-corrected chi connectivity index (χ3v) is 7.39. The molecule has 1 atom stereocenters. The van der Waals surface area contributed by atoms with Crippen LogP contribution in [0.15, 0.2) is 29.6 Å². The Bertz CT molecular complexity index is 1040. The van der Waals surface area contributed by atoms with Crippen LogP contribution < -0.4 is 26.2 Å². The van der Waals surface area contributed by atoms with Crippen molar-refractivity contribution in [1.29, 1.82) is 5.41 Å². The summed E-state index contributed by atoms with van der Waals surface area (Å²) in [5.74, 6) is 1.75. The number of anilines is 3. The van der Waals surface area contributed by atoms with Gasteiger partial charge in [-0.25, -0.2) is 4.98 Å². The Labute approximate surface area is 202 Å². The Kier molecular flexibility index (Phi) is 6.42. The van der Waals surface area contributed by atoms with Gasteiger partial charge in [0, 0.05) is 37.8 Å². The second-order valence-electron chi connectivity index (χ2n) is 10.3. The van der Waals surface area contributed by atoms with Gasteiger partial charge >= 0.3 is 0 Å². The lowest BCUT2D eigenvalue weighted by Crippen LogP contribution is -2.52. The summed E-state index contributed by atoms with van der Waals surface area (Å²) in [4.78, 5) is 26.2. The molecule has 1 unspecified atom stereocenters. The number of nitrogens with two attached hydrogens (primary N) is 1. The van der Waals surface area contributed by atoms with Crippen molar-refractivity contribution in [2.75, 3.05) is 35.8 Å². The zero-order chi connectivity index (χ0) is 24.7. The zero-order valence-electron chi connectivity index (χ0n) is 21.0. The van der Waals surface area contributed by atoms with Crippen LogP contribution in [0.25, 0.3) is 0 Å². The highest BCUT2D eigenvalue weighted by Gasteiger charge is 2.39. The second kappa shape index (κ2) is 9.02. The summed E-state index contributed by atoms with van der Waals surface area (Å²) in [5, 5.41) is 14.8. The highest BCUT2D eigenvalue weighted by atomic mass is 16.2. The van der Waals surface area contributed by atoms with E-state index in [-0.39, 0.29) is 11.3 Å². The van der Waals surface area contributed by atoms with Crippen molar-refractivity contribution in [2.45, 2.75) is 70.9 Å². The minimum Gasteiger partial charge on any atom is -0.357 e. The molecule has 0 bridgehead atoms. The molecular weight excluding hydrogens is 428 g/mol. The van der Waals surface area contributed by atoms with E-state index >= 15 is 0 Å². The van der Waals surface area contributed by atoms with Crippen LogP contribution in [0.5, 0.6) is 0 Å². The maximum atomic E-state index is 12.3. The van der Waals surface area contributed by atoms with E-state index in [1.54, 1.807) is 7.05 Å². The molecule has 1 aromatic rings. The standard InChI is InChI=1S/C25H38N8O/c1-6-16-13-25(27,22(34)28-4)12-11-18(16)30-23-29-14-19-20(31-23)33(17-9-7-8-10-17)15-24(2,3)21(26)32(19)5/h11,13-14,17,26H,6-10,12,15,27H2,1-5H3,(H,28,34)(H,29,30,31). The van der Waals surface area contributed by atoms with Gasteiger partial charge in [0.1, 0.15) is 17.1 Å². The van der Waals surface area contributed by atoms with E-state index in [2.05, 4.69) is 34.4 Å². The first-order chi connectivity index (χ1) is 16.1. The molecule has 0 spiro atoms. The quantitative estimate of drug-likeness (QED) is 0.525. The smallest absolute Gasteiger partial charge is 0.244 e. The van der Waals surface area contributed by atoms with E-state index in [0.29, 0.717) is 24.2 Å². The molecule has 1 amide bonds. The molecule has 2 aliphatic carbocycles. The average molecular weight is 467 g/mol. The number of allylic oxidation sites excluding steroid dienone is 1. The number of aromatic nitrogens is 2. The third-order valence-electron chi connectivity index (χ3n) is 7.39. The number of amides is 1. The summed E-state index contributed by atoms with van der Waals surface area (Å²) in [5.41, 5.74) is 7.71. The Morgan fingerprint density at radius 3 is 2.68 bits per heavy atom. The number of rotatable bonds is 5. The molecule has 1 aliphatic heterocycles. The summed E-state index contributed by atoms with van der Waals surface area (Å²) >= 11 is 0. The number of hydrogen-bond donors (Lipinski definition) is 4. The van der Waals surface area contributed by atoms with Gasteiger partial charge in [0.15, 0.2) is 5.82 Å². The van der Waals surface area contributed by atoms with Gasteiger partial charge in [-0.15, -0.1) is 0 Å². The minimum absolute atomic E-state index is 0.199. The first-order valence-electron chi connectivity index (χ1n) is 12.3. The lowest BCUT2D eigenvalue weighted by molar-refractivity contribution is -0.124. The van der Waals surface area contributed by atoms with Gasteiger partial charge in [-0.1, -0.05) is 39.7 Å². The van der Waals surface area contributed by atoms with Crippen molar-refractivity contribution in [3.63, 3.8) is 0 Å². The Hall–Kier alpha value is -2.94. The minimum atomic E-state index is -1.05. The number of nitrogens with zero attached hydrogens (tertiary/aromatic N) is 4. The van der Waals surface area contributed by atoms with Crippen LogP contribution in [-0.2, 0) is 4.79 Å². The van der Waals surface area contributed by atoms with Crippen LogP contribution in [-0.4, -0.2) is 53.9 Å². The zero-order valence-corrected chi connectivity index (χ0v) is 21.0. The first-order valence-corrected chi connectivity index (χ1v) is 12.3. The molecule has 5 N–H and O–H groups in total. The Morgan fingerprint density at radius 2 is 2.03 bits per heavy atom. The summed E-state index contributed by atoms with van der Waals surface area (Å²) in [7, 11) is 3.53. The summed E-state index contributed by atoms with van der Waals surface area (Å²) in [6, 6.07) is 0.422. The molecule has 0 saturated heterocycles. The molecule has 3 aliphatic rings. The third kappa shape index (κ3) is 4.29. The molecule has 4 rings (SSSR count). The van der Waals surface area contributed by atoms with Crippen LogP contribution in [0, 0.1) is 10.8 Å². The van der Waals surface area contributed by atoms with E-state index in [4.69, 9.17) is 16.1 Å². The fourth-order valence-corrected chi connectivity index (χ4v) is 5.33. The predicted octanol–water partition coefficient (Wildman–Crippen LogP) is 3.16. The predicted molar refractivity (Wildman–Crippen MR) is 137 cm³/mol. The van der Waals surface area contributed by atoms with Crippen LogP contribution in [0.1, 0.15) is 59.3 Å². The monoisotopic (exact) mass is 466 g/mol. The van der Waals surface area contributed by atoms with E-state index in [0.717, 1.165) is 48.6 Å². The maximum Gasteiger partial charge on any atom is 0.244 e. The van der Waals surface area contributed by atoms with Crippen molar-refractivity contribution in [3.8, 4) is 0 Å². The summed E-state index contributed by atoms with van der Waals surface area (Å²) in [6.07, 6.45) is 11.5. The normalized spacial score (nSPS) is 24.8. The number of likely N-dealkylation sites (N-methyl/N-ethyl adjacent to an activating group) is 1. The summed E-state index contributed by atoms with van der Waals surface area (Å²) in [6.45, 7) is 7.04. The van der Waals surface area contributed by atoms with Crippen molar-refractivity contribution >= 4 is 29.2 Å². The number of carbonyl (C=O) groups excluding carboxylic acids is 1. The fraction of sp³-hybridized carbons (Fsp3) is 0.600. The molecule has 0 radical (unpaired) electrons. The SMILES string of the molecule is CCC1=CC(N)(C(=O)NC)CC=C1Nc1ncc2c(n1)N(C1CCCC1)CC(C)(C)C(=N)N2C. The molecule has 1 saturated carbocycles. The molecule has 1 fully saturated rings. The van der Waals surface area contributed by atoms with Crippen molar-refractivity contribution < 1.29 is 4.79 Å². The number of amidine groups is 1. The van der Waals surface area contributed by atoms with Gasteiger partial charge in [-0.3, -0.25) is 10.2 Å². The number of hydrogen-bond acceptors (Lipinski definition) is 7. The van der Waals surface area contributed by atoms with E-state index in [1.807, 2.05) is 37.2 Å². The van der Waals surface area contributed by atoms with Gasteiger partial charge in [-0.05, 0) is 37.3 Å². The van der Waals surface area contributed by atoms with Crippen molar-refractivity contribution in [1.82, 2.24) is 15.3 Å². The highest BCUT2D eigenvalue weighted by Crippen LogP contribution is 2.40. The molecule has 9 nitrogen and oxygen atoms in total. The van der Waals surface area contributed by atoms with Crippen LogP contribution in [0.2, 0.25) is 0 Å². The van der Waals surface area contributed by atoms with Crippen LogP contribution >= 0.6 is 0 Å². The Morgan fingerprint density at radius 1 is 1.32 bits per heavy atom. The second-order valence-corrected chi connectivity index (χ2v) is 10.3. The van der Waals surface area contributed by atoms with Gasteiger partial charge in [-0.2, -0.15) is 4.98 Å². The fourth-order valence-electron chi connectivity index (χ4n) is 5.33. The summed E-state index contributed by atoms with van der Waals surface area (Å²) < 4.78 is 0. The van der Waals surface area contributed by atoms with Gasteiger partial charge in [0.05, 0.1) is 6.20 Å². The molecular formula is C25H38N8O. The first kappa shape index (κ1) is 24.2. The lowest BCUT2D eigenvalue weighted by atomic mass is 9.85. The lowest BCUT2D eigenvalue weighted by Gasteiger charge is -2.35. The number of nitrogens with one attached hydrogen (secondary N) is 3. The molecule has 2 heterocycles. The number of carbonyl (C=O) groups is 1. The van der Waals surface area contributed by atoms with Crippen LogP contribution in [0.4, 0.5) is 17.5 Å². The van der Waals surface area contributed by atoms with Crippen molar-refractivity contribution in [3.05, 3.63) is 29.6 Å². The van der Waals surface area contributed by atoms with E-state index in [1.165, 1.54) is 12.8 Å². The Balaban J connectivity index is 1.68. The van der Waals surface area contributed by atoms with Gasteiger partial charge in [0.2, 0.25) is 11.9 Å².